The molecular formula is C14H24N2O2S2. The van der Waals surface area contributed by atoms with Crippen LogP contribution < -0.4 is 4.72 Å². The Bertz CT molecular complexity index is 479. The second kappa shape index (κ2) is 7.54. The molecule has 0 amide bonds. The molecule has 1 aliphatic rings. The summed E-state index contributed by atoms with van der Waals surface area (Å²) in [5.74, 6) is 0.212. The summed E-state index contributed by atoms with van der Waals surface area (Å²) in [5.41, 5.74) is 1.23. The summed E-state index contributed by atoms with van der Waals surface area (Å²) in [4.78, 5) is 2.42. The van der Waals surface area contributed by atoms with E-state index in [4.69, 9.17) is 0 Å². The number of thiophene rings is 1. The van der Waals surface area contributed by atoms with Gasteiger partial charge in [0.05, 0.1) is 5.75 Å². The van der Waals surface area contributed by atoms with Crippen LogP contribution in [0.5, 0.6) is 0 Å². The van der Waals surface area contributed by atoms with Gasteiger partial charge in [0.15, 0.2) is 0 Å². The predicted octanol–water partition coefficient (Wildman–Crippen LogP) is 2.60. The average Bonchev–Trinajstić information content (AvgIpc) is 2.94. The van der Waals surface area contributed by atoms with Crippen molar-refractivity contribution in [3.63, 3.8) is 0 Å². The average molecular weight is 316 g/mol. The molecule has 114 valence electrons. The number of piperidine rings is 1. The molecule has 2 rings (SSSR count). The summed E-state index contributed by atoms with van der Waals surface area (Å²) >= 11 is 1.67. The molecule has 4 nitrogen and oxygen atoms in total. The van der Waals surface area contributed by atoms with Crippen molar-refractivity contribution in [1.82, 2.24) is 9.62 Å². The lowest BCUT2D eigenvalue weighted by molar-refractivity contribution is 0.165. The largest absolute Gasteiger partial charge is 0.295 e. The first-order valence-electron chi connectivity index (χ1n) is 7.36. The predicted molar refractivity (Wildman–Crippen MR) is 84.6 cm³/mol. The lowest BCUT2D eigenvalue weighted by Gasteiger charge is -2.34. The van der Waals surface area contributed by atoms with Crippen LogP contribution >= 0.6 is 11.3 Å². The van der Waals surface area contributed by atoms with Crippen LogP contribution in [0.25, 0.3) is 0 Å². The summed E-state index contributed by atoms with van der Waals surface area (Å²) in [6.45, 7) is 4.51. The van der Waals surface area contributed by atoms with Crippen molar-refractivity contribution in [3.05, 3.63) is 22.4 Å². The van der Waals surface area contributed by atoms with Gasteiger partial charge in [-0.3, -0.25) is 4.90 Å². The SMILES string of the molecule is CCCS(=O)(=O)NCC(c1ccsc1)N1CCCCC1. The quantitative estimate of drug-likeness (QED) is 0.841. The monoisotopic (exact) mass is 316 g/mol. The maximum atomic E-state index is 11.9. The fourth-order valence-corrected chi connectivity index (χ4v) is 4.50. The summed E-state index contributed by atoms with van der Waals surface area (Å²) < 4.78 is 26.5. The van der Waals surface area contributed by atoms with Gasteiger partial charge >= 0.3 is 0 Å². The first-order chi connectivity index (χ1) is 9.62. The van der Waals surface area contributed by atoms with Crippen molar-refractivity contribution in [1.29, 1.82) is 0 Å². The number of likely N-dealkylation sites (tertiary alicyclic amines) is 1. The number of hydrogen-bond acceptors (Lipinski definition) is 4. The molecule has 1 saturated heterocycles. The Hall–Kier alpha value is -0.430. The van der Waals surface area contributed by atoms with Gasteiger partial charge < -0.3 is 0 Å². The third-order valence-electron chi connectivity index (χ3n) is 3.73. The van der Waals surface area contributed by atoms with Gasteiger partial charge in [-0.15, -0.1) is 0 Å². The smallest absolute Gasteiger partial charge is 0.211 e. The molecule has 0 spiro atoms. The van der Waals surface area contributed by atoms with Crippen molar-refractivity contribution in [2.24, 2.45) is 0 Å². The van der Waals surface area contributed by atoms with Gasteiger partial charge in [-0.1, -0.05) is 13.3 Å². The first-order valence-corrected chi connectivity index (χ1v) is 9.95. The Morgan fingerprint density at radius 3 is 2.70 bits per heavy atom. The highest BCUT2D eigenvalue weighted by atomic mass is 32.2. The molecule has 20 heavy (non-hydrogen) atoms. The van der Waals surface area contributed by atoms with Crippen molar-refractivity contribution in [3.8, 4) is 0 Å². The Kier molecular flexibility index (Phi) is 6.01. The van der Waals surface area contributed by atoms with E-state index in [1.54, 1.807) is 11.3 Å². The molecule has 0 aliphatic carbocycles. The fraction of sp³-hybridized carbons (Fsp3) is 0.714. The number of hydrogen-bond donors (Lipinski definition) is 1. The van der Waals surface area contributed by atoms with Gasteiger partial charge in [-0.05, 0) is 54.7 Å². The van der Waals surface area contributed by atoms with Gasteiger partial charge in [-0.2, -0.15) is 11.3 Å². The minimum Gasteiger partial charge on any atom is -0.295 e. The van der Waals surface area contributed by atoms with Crippen LogP contribution in [0, 0.1) is 0 Å². The van der Waals surface area contributed by atoms with E-state index in [9.17, 15) is 8.42 Å². The van der Waals surface area contributed by atoms with Crippen LogP contribution in [0.2, 0.25) is 0 Å². The van der Waals surface area contributed by atoms with Crippen molar-refractivity contribution >= 4 is 21.4 Å². The standard InChI is InChI=1S/C14H24N2O2S2/c1-2-10-20(17,18)15-11-14(13-6-9-19-12-13)16-7-4-3-5-8-16/h6,9,12,14-15H,2-5,7-8,10-11H2,1H3. The number of nitrogens with zero attached hydrogens (tertiary/aromatic N) is 1. The maximum Gasteiger partial charge on any atom is 0.211 e. The molecule has 1 aromatic heterocycles. The summed E-state index contributed by atoms with van der Waals surface area (Å²) in [6.07, 6.45) is 4.36. The second-order valence-electron chi connectivity index (χ2n) is 5.34. The lowest BCUT2D eigenvalue weighted by atomic mass is 10.0. The highest BCUT2D eigenvalue weighted by Gasteiger charge is 2.24. The van der Waals surface area contributed by atoms with Crippen LogP contribution in [0.3, 0.4) is 0 Å². The summed E-state index contributed by atoms with van der Waals surface area (Å²) in [7, 11) is -3.13. The van der Waals surface area contributed by atoms with E-state index in [-0.39, 0.29) is 11.8 Å². The Labute approximate surface area is 126 Å². The highest BCUT2D eigenvalue weighted by molar-refractivity contribution is 7.89. The molecule has 1 N–H and O–H groups in total. The van der Waals surface area contributed by atoms with E-state index >= 15 is 0 Å². The molecular weight excluding hydrogens is 292 g/mol. The van der Waals surface area contributed by atoms with Crippen LogP contribution in [-0.2, 0) is 10.0 Å². The third kappa shape index (κ3) is 4.55. The molecule has 1 aromatic rings. The van der Waals surface area contributed by atoms with Crippen LogP contribution in [-0.4, -0.2) is 38.7 Å². The highest BCUT2D eigenvalue weighted by Crippen LogP contribution is 2.25. The number of rotatable bonds is 7. The fourth-order valence-electron chi connectivity index (χ4n) is 2.70. The van der Waals surface area contributed by atoms with Crippen molar-refractivity contribution in [2.75, 3.05) is 25.4 Å². The molecule has 0 radical (unpaired) electrons. The molecule has 6 heteroatoms. The zero-order valence-electron chi connectivity index (χ0n) is 12.0. The van der Waals surface area contributed by atoms with Gasteiger partial charge in [0, 0.05) is 12.6 Å². The molecule has 1 atom stereocenters. The van der Waals surface area contributed by atoms with Crippen molar-refractivity contribution < 1.29 is 8.42 Å². The van der Waals surface area contributed by atoms with Crippen LogP contribution in [0.4, 0.5) is 0 Å². The van der Waals surface area contributed by atoms with Crippen LogP contribution in [0.15, 0.2) is 16.8 Å². The molecule has 1 unspecified atom stereocenters. The lowest BCUT2D eigenvalue weighted by Crippen LogP contribution is -2.41. The molecule has 2 heterocycles. The zero-order chi connectivity index (χ0) is 14.4. The third-order valence-corrected chi connectivity index (χ3v) is 5.98. The number of nitrogens with one attached hydrogen (secondary N) is 1. The molecule has 0 saturated carbocycles. The van der Waals surface area contributed by atoms with E-state index in [1.807, 2.05) is 6.92 Å². The van der Waals surface area contributed by atoms with Gasteiger partial charge in [0.2, 0.25) is 10.0 Å². The summed E-state index contributed by atoms with van der Waals surface area (Å²) in [5, 5.41) is 4.19. The van der Waals surface area contributed by atoms with Gasteiger partial charge in [-0.25, -0.2) is 13.1 Å². The minimum absolute atomic E-state index is 0.174. The van der Waals surface area contributed by atoms with E-state index in [0.717, 1.165) is 13.1 Å². The Morgan fingerprint density at radius 1 is 1.35 bits per heavy atom. The normalized spacial score (nSPS) is 19.1. The van der Waals surface area contributed by atoms with E-state index < -0.39 is 10.0 Å². The zero-order valence-corrected chi connectivity index (χ0v) is 13.7. The summed E-state index contributed by atoms with van der Waals surface area (Å²) in [6, 6.07) is 2.28. The van der Waals surface area contributed by atoms with Gasteiger partial charge in [0.25, 0.3) is 0 Å². The topological polar surface area (TPSA) is 49.4 Å². The van der Waals surface area contributed by atoms with E-state index in [0.29, 0.717) is 13.0 Å². The number of sulfonamides is 1. The van der Waals surface area contributed by atoms with E-state index in [1.165, 1.54) is 24.8 Å². The molecule has 1 aliphatic heterocycles. The van der Waals surface area contributed by atoms with Crippen molar-refractivity contribution in [2.45, 2.75) is 38.6 Å². The molecule has 1 fully saturated rings. The molecule has 0 aromatic carbocycles. The Morgan fingerprint density at radius 2 is 2.10 bits per heavy atom. The van der Waals surface area contributed by atoms with Crippen LogP contribution in [0.1, 0.15) is 44.2 Å². The van der Waals surface area contributed by atoms with Gasteiger partial charge in [0.1, 0.15) is 0 Å². The Balaban J connectivity index is 2.03. The second-order valence-corrected chi connectivity index (χ2v) is 8.04. The van der Waals surface area contributed by atoms with E-state index in [2.05, 4.69) is 26.4 Å². The minimum atomic E-state index is -3.13. The maximum absolute atomic E-state index is 11.9. The molecule has 0 bridgehead atoms. The first kappa shape index (κ1) is 15.9.